The van der Waals surface area contributed by atoms with Crippen LogP contribution in [0.1, 0.15) is 42.0 Å². The lowest BCUT2D eigenvalue weighted by Crippen LogP contribution is -2.48. The first kappa shape index (κ1) is 11.6. The van der Waals surface area contributed by atoms with E-state index < -0.39 is 0 Å². The van der Waals surface area contributed by atoms with Crippen LogP contribution in [-0.2, 0) is 4.74 Å². The molecule has 88 valence electrons. The zero-order valence-corrected chi connectivity index (χ0v) is 10.4. The molecule has 0 bridgehead atoms. The van der Waals surface area contributed by atoms with E-state index in [0.717, 1.165) is 12.8 Å². The number of hydrogen-bond donors (Lipinski definition) is 1. The molecule has 16 heavy (non-hydrogen) atoms. The Labute approximate surface area is 97.8 Å². The van der Waals surface area contributed by atoms with Crippen molar-refractivity contribution in [3.63, 3.8) is 0 Å². The van der Waals surface area contributed by atoms with E-state index in [0.29, 0.717) is 0 Å². The zero-order valence-electron chi connectivity index (χ0n) is 10.4. The Morgan fingerprint density at radius 1 is 1.19 bits per heavy atom. The summed E-state index contributed by atoms with van der Waals surface area (Å²) in [5.74, 6) is 0. The van der Waals surface area contributed by atoms with Gasteiger partial charge in [0, 0.05) is 7.11 Å². The van der Waals surface area contributed by atoms with Gasteiger partial charge in [-0.2, -0.15) is 0 Å². The van der Waals surface area contributed by atoms with Crippen molar-refractivity contribution in [1.29, 1.82) is 0 Å². The molecule has 1 atom stereocenters. The maximum absolute atomic E-state index is 6.36. The van der Waals surface area contributed by atoms with Gasteiger partial charge in [-0.1, -0.05) is 29.3 Å². The Morgan fingerprint density at radius 3 is 2.12 bits per heavy atom. The Balaban J connectivity index is 2.29. The molecular weight excluding hydrogens is 198 g/mol. The summed E-state index contributed by atoms with van der Waals surface area (Å²) in [7, 11) is 1.78. The maximum atomic E-state index is 6.36. The highest BCUT2D eigenvalue weighted by Gasteiger charge is 2.43. The Kier molecular flexibility index (Phi) is 3.04. The Morgan fingerprint density at radius 2 is 1.75 bits per heavy atom. The largest absolute Gasteiger partial charge is 0.376 e. The topological polar surface area (TPSA) is 35.2 Å². The molecule has 2 nitrogen and oxygen atoms in total. The van der Waals surface area contributed by atoms with Gasteiger partial charge in [-0.05, 0) is 38.7 Å². The molecule has 0 amide bonds. The van der Waals surface area contributed by atoms with Gasteiger partial charge in [0.1, 0.15) is 0 Å². The smallest absolute Gasteiger partial charge is 0.0870 e. The summed E-state index contributed by atoms with van der Waals surface area (Å²) < 4.78 is 5.64. The van der Waals surface area contributed by atoms with Crippen LogP contribution in [0.25, 0.3) is 0 Å². The molecule has 0 aromatic heterocycles. The lowest BCUT2D eigenvalue weighted by molar-refractivity contribution is -0.0911. The van der Waals surface area contributed by atoms with E-state index in [1.165, 1.54) is 23.1 Å². The predicted molar refractivity (Wildman–Crippen MR) is 66.4 cm³/mol. The highest BCUT2D eigenvalue weighted by molar-refractivity contribution is 5.32. The third-order valence-electron chi connectivity index (χ3n) is 3.78. The van der Waals surface area contributed by atoms with Gasteiger partial charge in [-0.3, -0.25) is 0 Å². The quantitative estimate of drug-likeness (QED) is 0.848. The fraction of sp³-hybridized carbons (Fsp3) is 0.571. The molecule has 0 radical (unpaired) electrons. The minimum Gasteiger partial charge on any atom is -0.376 e. The van der Waals surface area contributed by atoms with Crippen LogP contribution >= 0.6 is 0 Å². The molecule has 1 aromatic rings. The van der Waals surface area contributed by atoms with Crippen LogP contribution in [0.4, 0.5) is 0 Å². The lowest BCUT2D eigenvalue weighted by atomic mass is 9.72. The average Bonchev–Trinajstić information content (AvgIpc) is 2.15. The summed E-state index contributed by atoms with van der Waals surface area (Å²) in [6.07, 6.45) is 3.39. The molecule has 1 fully saturated rings. The van der Waals surface area contributed by atoms with Crippen LogP contribution in [0.15, 0.2) is 18.2 Å². The van der Waals surface area contributed by atoms with E-state index in [2.05, 4.69) is 32.0 Å². The molecule has 0 saturated heterocycles. The molecule has 2 rings (SSSR count). The van der Waals surface area contributed by atoms with Gasteiger partial charge in [0.05, 0.1) is 11.6 Å². The second-order valence-corrected chi connectivity index (χ2v) is 5.02. The first-order valence-electron chi connectivity index (χ1n) is 5.96. The number of methoxy groups -OCH3 is 1. The van der Waals surface area contributed by atoms with Crippen molar-refractivity contribution in [1.82, 2.24) is 0 Å². The number of nitrogens with two attached hydrogens (primary N) is 1. The maximum Gasteiger partial charge on any atom is 0.0870 e. The van der Waals surface area contributed by atoms with Crippen LogP contribution in [0.3, 0.4) is 0 Å². The normalized spacial score (nSPS) is 20.2. The molecular formula is C14H21NO. The Bertz CT molecular complexity index is 357. The summed E-state index contributed by atoms with van der Waals surface area (Å²) in [5.41, 5.74) is 10.0. The summed E-state index contributed by atoms with van der Waals surface area (Å²) in [5, 5.41) is 0. The SMILES string of the molecule is COC1(C(N)c2cc(C)cc(C)c2)CCC1. The molecule has 1 saturated carbocycles. The summed E-state index contributed by atoms with van der Waals surface area (Å²) >= 11 is 0. The van der Waals surface area contributed by atoms with Gasteiger partial charge >= 0.3 is 0 Å². The van der Waals surface area contributed by atoms with Crippen LogP contribution in [0.5, 0.6) is 0 Å². The molecule has 1 aliphatic rings. The van der Waals surface area contributed by atoms with Crippen LogP contribution in [-0.4, -0.2) is 12.7 Å². The van der Waals surface area contributed by atoms with Gasteiger partial charge in [0.15, 0.2) is 0 Å². The van der Waals surface area contributed by atoms with Crippen molar-refractivity contribution >= 4 is 0 Å². The van der Waals surface area contributed by atoms with Crippen LogP contribution in [0.2, 0.25) is 0 Å². The van der Waals surface area contributed by atoms with Crippen molar-refractivity contribution in [2.75, 3.05) is 7.11 Å². The summed E-state index contributed by atoms with van der Waals surface area (Å²) in [6, 6.07) is 6.54. The third-order valence-corrected chi connectivity index (χ3v) is 3.78. The molecule has 2 heteroatoms. The van der Waals surface area contributed by atoms with Gasteiger partial charge in [-0.15, -0.1) is 0 Å². The van der Waals surface area contributed by atoms with Crippen LogP contribution in [0, 0.1) is 13.8 Å². The molecule has 0 aliphatic heterocycles. The minimum atomic E-state index is -0.111. The standard InChI is InChI=1S/C14H21NO/c1-10-7-11(2)9-12(8-10)13(15)14(16-3)5-4-6-14/h7-9,13H,4-6,15H2,1-3H3. The van der Waals surface area contributed by atoms with Crippen molar-refractivity contribution in [2.45, 2.75) is 44.8 Å². The molecule has 0 spiro atoms. The highest BCUT2D eigenvalue weighted by Crippen LogP contribution is 2.43. The number of ether oxygens (including phenoxy) is 1. The number of benzene rings is 1. The molecule has 0 heterocycles. The zero-order chi connectivity index (χ0) is 11.8. The van der Waals surface area contributed by atoms with Gasteiger partial charge in [0.2, 0.25) is 0 Å². The van der Waals surface area contributed by atoms with E-state index in [1.54, 1.807) is 7.11 Å². The van der Waals surface area contributed by atoms with Crippen molar-refractivity contribution in [3.8, 4) is 0 Å². The van der Waals surface area contributed by atoms with Gasteiger partial charge in [0.25, 0.3) is 0 Å². The second-order valence-electron chi connectivity index (χ2n) is 5.02. The lowest BCUT2D eigenvalue weighted by Gasteiger charge is -2.45. The van der Waals surface area contributed by atoms with E-state index in [4.69, 9.17) is 10.5 Å². The van der Waals surface area contributed by atoms with E-state index in [1.807, 2.05) is 0 Å². The summed E-state index contributed by atoms with van der Waals surface area (Å²) in [4.78, 5) is 0. The Hall–Kier alpha value is -0.860. The molecule has 1 aliphatic carbocycles. The fourth-order valence-corrected chi connectivity index (χ4v) is 2.66. The molecule has 1 aromatic carbocycles. The van der Waals surface area contributed by atoms with Gasteiger partial charge < -0.3 is 10.5 Å². The first-order valence-corrected chi connectivity index (χ1v) is 5.96. The molecule has 1 unspecified atom stereocenters. The summed E-state index contributed by atoms with van der Waals surface area (Å²) in [6.45, 7) is 4.23. The second kappa shape index (κ2) is 4.19. The number of hydrogen-bond acceptors (Lipinski definition) is 2. The monoisotopic (exact) mass is 219 g/mol. The van der Waals surface area contributed by atoms with E-state index >= 15 is 0 Å². The third kappa shape index (κ3) is 1.87. The number of aryl methyl sites for hydroxylation is 2. The predicted octanol–water partition coefficient (Wildman–Crippen LogP) is 2.87. The van der Waals surface area contributed by atoms with Crippen molar-refractivity contribution < 1.29 is 4.74 Å². The van der Waals surface area contributed by atoms with Gasteiger partial charge in [-0.25, -0.2) is 0 Å². The van der Waals surface area contributed by atoms with Crippen molar-refractivity contribution in [2.24, 2.45) is 5.73 Å². The average molecular weight is 219 g/mol. The first-order chi connectivity index (χ1) is 7.57. The van der Waals surface area contributed by atoms with Crippen molar-refractivity contribution in [3.05, 3.63) is 34.9 Å². The van der Waals surface area contributed by atoms with E-state index in [9.17, 15) is 0 Å². The fourth-order valence-electron chi connectivity index (χ4n) is 2.66. The number of rotatable bonds is 3. The highest BCUT2D eigenvalue weighted by atomic mass is 16.5. The molecule has 2 N–H and O–H groups in total. The minimum absolute atomic E-state index is 0.00449. The van der Waals surface area contributed by atoms with Crippen LogP contribution < -0.4 is 5.73 Å². The van der Waals surface area contributed by atoms with E-state index in [-0.39, 0.29) is 11.6 Å².